The van der Waals surface area contributed by atoms with Gasteiger partial charge in [-0.3, -0.25) is 0 Å². The molecule has 1 fully saturated rings. The molecule has 0 saturated carbocycles. The van der Waals surface area contributed by atoms with Crippen LogP contribution in [0.4, 0.5) is 0 Å². The number of carbonyl (C=O) groups excluding carboxylic acids is 3. The Hall–Kier alpha value is -2.63. The average Bonchev–Trinajstić information content (AvgIpc) is 3.19. The Bertz CT molecular complexity index is 934. The van der Waals surface area contributed by atoms with Crippen LogP contribution in [0.3, 0.4) is 0 Å². The summed E-state index contributed by atoms with van der Waals surface area (Å²) in [4.78, 5) is 38.4. The van der Waals surface area contributed by atoms with E-state index in [4.69, 9.17) is 14.2 Å². The van der Waals surface area contributed by atoms with Gasteiger partial charge in [0.1, 0.15) is 12.2 Å². The highest BCUT2D eigenvalue weighted by atomic mass is 16.6. The van der Waals surface area contributed by atoms with Crippen LogP contribution in [0.5, 0.6) is 0 Å². The van der Waals surface area contributed by atoms with Gasteiger partial charge in [-0.2, -0.15) is 0 Å². The molecule has 0 N–H and O–H groups in total. The molecule has 0 amide bonds. The van der Waals surface area contributed by atoms with E-state index in [-0.39, 0.29) is 5.92 Å². The van der Waals surface area contributed by atoms with Crippen LogP contribution in [0.2, 0.25) is 0 Å². The summed E-state index contributed by atoms with van der Waals surface area (Å²) in [6, 6.07) is 0. The molecule has 31 heavy (non-hydrogen) atoms. The second-order valence-corrected chi connectivity index (χ2v) is 8.92. The monoisotopic (exact) mass is 428 g/mol. The fraction of sp³-hybridized carbons (Fsp3) is 0.560. The van der Waals surface area contributed by atoms with Crippen molar-refractivity contribution in [3.63, 3.8) is 0 Å². The molecule has 5 atom stereocenters. The van der Waals surface area contributed by atoms with Crippen LogP contribution >= 0.6 is 0 Å². The molecule has 0 radical (unpaired) electrons. The highest BCUT2D eigenvalue weighted by molar-refractivity contribution is 5.92. The Morgan fingerprint density at radius 3 is 2.35 bits per heavy atom. The summed E-state index contributed by atoms with van der Waals surface area (Å²) < 4.78 is 17.6. The number of hydrogen-bond donors (Lipinski definition) is 0. The number of ether oxygens (including phenoxy) is 3. The Kier molecular flexibility index (Phi) is 6.30. The highest BCUT2D eigenvalue weighted by Gasteiger charge is 2.64. The maximum atomic E-state index is 13.1. The summed E-state index contributed by atoms with van der Waals surface area (Å²) in [5, 5.41) is 0. The zero-order valence-corrected chi connectivity index (χ0v) is 19.4. The number of allylic oxidation sites excluding steroid dienone is 3. The van der Waals surface area contributed by atoms with Gasteiger partial charge in [-0.05, 0) is 54.9 Å². The van der Waals surface area contributed by atoms with Crippen LogP contribution in [0.15, 0.2) is 46.1 Å². The first-order valence-corrected chi connectivity index (χ1v) is 10.8. The Morgan fingerprint density at radius 1 is 1.13 bits per heavy atom. The third kappa shape index (κ3) is 3.88. The maximum absolute atomic E-state index is 13.1. The quantitative estimate of drug-likeness (QED) is 0.286. The van der Waals surface area contributed by atoms with Gasteiger partial charge in [-0.1, -0.05) is 34.9 Å². The zero-order valence-electron chi connectivity index (χ0n) is 19.4. The van der Waals surface area contributed by atoms with Gasteiger partial charge in [0.25, 0.3) is 0 Å². The third-order valence-electron chi connectivity index (χ3n) is 7.01. The molecule has 0 spiro atoms. The van der Waals surface area contributed by atoms with Crippen LogP contribution in [0, 0.1) is 11.8 Å². The van der Waals surface area contributed by atoms with E-state index in [1.807, 2.05) is 13.8 Å². The fourth-order valence-electron chi connectivity index (χ4n) is 4.83. The molecule has 2 aliphatic carbocycles. The molecule has 6 heteroatoms. The lowest BCUT2D eigenvalue weighted by atomic mass is 9.77. The number of hydrogen-bond acceptors (Lipinski definition) is 6. The molecule has 0 aromatic carbocycles. The largest absolute Gasteiger partial charge is 0.458 e. The van der Waals surface area contributed by atoms with E-state index in [0.717, 1.165) is 17.6 Å². The molecule has 6 nitrogen and oxygen atoms in total. The van der Waals surface area contributed by atoms with E-state index < -0.39 is 41.6 Å². The number of carbonyl (C=O) groups is 3. The molecule has 1 saturated heterocycles. The van der Waals surface area contributed by atoms with E-state index in [1.54, 1.807) is 46.8 Å². The first-order valence-electron chi connectivity index (χ1n) is 10.8. The van der Waals surface area contributed by atoms with Crippen molar-refractivity contribution in [1.82, 2.24) is 0 Å². The molecule has 0 aromatic heterocycles. The van der Waals surface area contributed by atoms with Crippen LogP contribution < -0.4 is 0 Å². The van der Waals surface area contributed by atoms with Crippen molar-refractivity contribution in [1.29, 1.82) is 0 Å². The second-order valence-electron chi connectivity index (χ2n) is 8.92. The topological polar surface area (TPSA) is 78.9 Å². The zero-order chi connectivity index (χ0) is 23.1. The summed E-state index contributed by atoms with van der Waals surface area (Å²) in [7, 11) is 0. The van der Waals surface area contributed by atoms with Crippen molar-refractivity contribution in [2.24, 2.45) is 11.8 Å². The summed E-state index contributed by atoms with van der Waals surface area (Å²) in [5.74, 6) is -2.33. The van der Waals surface area contributed by atoms with E-state index >= 15 is 0 Å². The lowest BCUT2D eigenvalue weighted by Gasteiger charge is -2.35. The smallest absolute Gasteiger partial charge is 0.351 e. The molecule has 1 heterocycles. The normalized spacial score (nSPS) is 33.3. The molecule has 0 aromatic rings. The predicted molar refractivity (Wildman–Crippen MR) is 116 cm³/mol. The summed E-state index contributed by atoms with van der Waals surface area (Å²) in [5.41, 5.74) is 2.76. The predicted octanol–water partition coefficient (Wildman–Crippen LogP) is 4.36. The first kappa shape index (κ1) is 23.0. The molecular formula is C25H32O6. The van der Waals surface area contributed by atoms with Crippen LogP contribution in [0.25, 0.3) is 0 Å². The third-order valence-corrected chi connectivity index (χ3v) is 7.01. The minimum Gasteiger partial charge on any atom is -0.458 e. The van der Waals surface area contributed by atoms with Gasteiger partial charge in [0.2, 0.25) is 5.60 Å². The van der Waals surface area contributed by atoms with E-state index in [1.165, 1.54) is 5.57 Å². The number of rotatable bonds is 4. The van der Waals surface area contributed by atoms with Gasteiger partial charge < -0.3 is 14.2 Å². The van der Waals surface area contributed by atoms with Gasteiger partial charge in [-0.15, -0.1) is 0 Å². The van der Waals surface area contributed by atoms with Crippen molar-refractivity contribution in [3.8, 4) is 0 Å². The SMILES string of the molecule is CC=C(C)C(=O)OC1CC(C)=C2CC=C(C)C2C2OC(=O)C(C)(OC(=O)C(C)=CC)C12. The van der Waals surface area contributed by atoms with Crippen molar-refractivity contribution >= 4 is 17.9 Å². The lowest BCUT2D eigenvalue weighted by molar-refractivity contribution is -0.175. The summed E-state index contributed by atoms with van der Waals surface area (Å²) >= 11 is 0. The van der Waals surface area contributed by atoms with Crippen molar-refractivity contribution < 1.29 is 28.6 Å². The first-order chi connectivity index (χ1) is 14.5. The molecular weight excluding hydrogens is 396 g/mol. The standard InChI is InChI=1S/C25H32O6/c1-8-13(3)22(26)29-18-12-16(6)17-11-10-15(5)19(17)21-20(18)25(7,24(28)30-21)31-23(27)14(4)9-2/h8-10,18-21H,11-12H2,1-7H3. The highest BCUT2D eigenvalue weighted by Crippen LogP contribution is 2.52. The van der Waals surface area contributed by atoms with Crippen molar-refractivity contribution in [2.75, 3.05) is 0 Å². The van der Waals surface area contributed by atoms with Crippen molar-refractivity contribution in [3.05, 3.63) is 46.1 Å². The molecule has 3 rings (SSSR count). The molecule has 168 valence electrons. The maximum Gasteiger partial charge on any atom is 0.351 e. The van der Waals surface area contributed by atoms with Crippen LogP contribution in [-0.2, 0) is 28.6 Å². The Morgan fingerprint density at radius 2 is 1.74 bits per heavy atom. The van der Waals surface area contributed by atoms with E-state index in [2.05, 4.69) is 6.08 Å². The van der Waals surface area contributed by atoms with Gasteiger partial charge in [-0.25, -0.2) is 14.4 Å². The molecule has 3 aliphatic rings. The Labute approximate surface area is 184 Å². The fourth-order valence-corrected chi connectivity index (χ4v) is 4.83. The summed E-state index contributed by atoms with van der Waals surface area (Å²) in [6.45, 7) is 12.5. The van der Waals surface area contributed by atoms with Gasteiger partial charge in [0, 0.05) is 23.5 Å². The van der Waals surface area contributed by atoms with Crippen molar-refractivity contribution in [2.45, 2.75) is 79.1 Å². The Balaban J connectivity index is 2.08. The van der Waals surface area contributed by atoms with Gasteiger partial charge in [0.15, 0.2) is 0 Å². The lowest BCUT2D eigenvalue weighted by Crippen LogP contribution is -2.50. The molecule has 5 unspecified atom stereocenters. The summed E-state index contributed by atoms with van der Waals surface area (Å²) in [6.07, 6.45) is 5.50. The second kappa shape index (κ2) is 8.48. The van der Waals surface area contributed by atoms with Crippen LogP contribution in [-0.4, -0.2) is 35.7 Å². The van der Waals surface area contributed by atoms with E-state index in [0.29, 0.717) is 17.6 Å². The van der Waals surface area contributed by atoms with Crippen LogP contribution in [0.1, 0.15) is 61.3 Å². The van der Waals surface area contributed by atoms with Gasteiger partial charge >= 0.3 is 17.9 Å². The number of fused-ring (bicyclic) bond motifs is 3. The van der Waals surface area contributed by atoms with Gasteiger partial charge in [0.05, 0.1) is 5.92 Å². The number of esters is 3. The molecule has 1 aliphatic heterocycles. The minimum absolute atomic E-state index is 0.0937. The van der Waals surface area contributed by atoms with E-state index in [9.17, 15) is 14.4 Å². The minimum atomic E-state index is -1.56. The average molecular weight is 429 g/mol. The molecule has 0 bridgehead atoms.